The van der Waals surface area contributed by atoms with Crippen LogP contribution in [0.4, 0.5) is 5.69 Å². The van der Waals surface area contributed by atoms with Crippen LogP contribution in [0.15, 0.2) is 22.7 Å². The van der Waals surface area contributed by atoms with Gasteiger partial charge in [-0.15, -0.1) is 0 Å². The molecule has 100 valence electrons. The summed E-state index contributed by atoms with van der Waals surface area (Å²) in [6.07, 6.45) is 2.39. The van der Waals surface area contributed by atoms with Crippen molar-refractivity contribution in [3.8, 4) is 5.75 Å². The SMILES string of the molecule is COc1ccc(NC2CCN(C)C(C)C2)cc1Br. The number of nitrogens with one attached hydrogen (secondary N) is 1. The molecule has 1 fully saturated rings. The highest BCUT2D eigenvalue weighted by atomic mass is 79.9. The van der Waals surface area contributed by atoms with Gasteiger partial charge >= 0.3 is 0 Å². The van der Waals surface area contributed by atoms with E-state index in [4.69, 9.17) is 4.74 Å². The number of ether oxygens (including phenoxy) is 1. The molecule has 1 aromatic rings. The Morgan fingerprint density at radius 1 is 1.44 bits per heavy atom. The van der Waals surface area contributed by atoms with Crippen LogP contribution in [0.1, 0.15) is 19.8 Å². The van der Waals surface area contributed by atoms with Crippen LogP contribution in [0.5, 0.6) is 5.75 Å². The van der Waals surface area contributed by atoms with Gasteiger partial charge in [-0.05, 0) is 60.9 Å². The van der Waals surface area contributed by atoms with Gasteiger partial charge in [0.05, 0.1) is 11.6 Å². The lowest BCUT2D eigenvalue weighted by Crippen LogP contribution is -2.42. The maximum absolute atomic E-state index is 5.24. The van der Waals surface area contributed by atoms with Gasteiger partial charge in [-0.2, -0.15) is 0 Å². The molecule has 3 nitrogen and oxygen atoms in total. The Hall–Kier alpha value is -0.740. The van der Waals surface area contributed by atoms with Crippen molar-refractivity contribution < 1.29 is 4.74 Å². The van der Waals surface area contributed by atoms with Gasteiger partial charge in [-0.25, -0.2) is 0 Å². The van der Waals surface area contributed by atoms with E-state index in [-0.39, 0.29) is 0 Å². The minimum Gasteiger partial charge on any atom is -0.496 e. The van der Waals surface area contributed by atoms with Crippen molar-refractivity contribution >= 4 is 21.6 Å². The number of methoxy groups -OCH3 is 1. The van der Waals surface area contributed by atoms with Crippen molar-refractivity contribution in [3.05, 3.63) is 22.7 Å². The van der Waals surface area contributed by atoms with Gasteiger partial charge in [0.1, 0.15) is 5.75 Å². The number of hydrogen-bond acceptors (Lipinski definition) is 3. The predicted octanol–water partition coefficient (Wildman–Crippen LogP) is 3.35. The maximum Gasteiger partial charge on any atom is 0.133 e. The van der Waals surface area contributed by atoms with Crippen LogP contribution in [0.3, 0.4) is 0 Å². The van der Waals surface area contributed by atoms with Crippen LogP contribution in [0.25, 0.3) is 0 Å². The Balaban J connectivity index is 1.99. The van der Waals surface area contributed by atoms with Gasteiger partial charge in [0.25, 0.3) is 0 Å². The summed E-state index contributed by atoms with van der Waals surface area (Å²) in [5.41, 5.74) is 1.16. The molecule has 1 saturated heterocycles. The van der Waals surface area contributed by atoms with Crippen molar-refractivity contribution in [1.29, 1.82) is 0 Å². The Morgan fingerprint density at radius 3 is 2.83 bits per heavy atom. The number of anilines is 1. The summed E-state index contributed by atoms with van der Waals surface area (Å²) < 4.78 is 6.24. The van der Waals surface area contributed by atoms with Gasteiger partial charge in [-0.1, -0.05) is 0 Å². The largest absolute Gasteiger partial charge is 0.496 e. The van der Waals surface area contributed by atoms with E-state index in [1.807, 2.05) is 6.07 Å². The number of likely N-dealkylation sites (tertiary alicyclic amines) is 1. The van der Waals surface area contributed by atoms with E-state index in [2.05, 4.69) is 52.3 Å². The number of halogens is 1. The molecule has 2 rings (SSSR count). The zero-order chi connectivity index (χ0) is 13.1. The highest BCUT2D eigenvalue weighted by molar-refractivity contribution is 9.10. The second kappa shape index (κ2) is 5.93. The molecule has 0 amide bonds. The van der Waals surface area contributed by atoms with Crippen LogP contribution in [-0.2, 0) is 0 Å². The van der Waals surface area contributed by atoms with Gasteiger partial charge in [-0.3, -0.25) is 0 Å². The molecule has 1 aliphatic rings. The average Bonchev–Trinajstić information content (AvgIpc) is 2.34. The first-order valence-corrected chi connectivity index (χ1v) is 7.19. The predicted molar refractivity (Wildman–Crippen MR) is 79.4 cm³/mol. The third-order valence-corrected chi connectivity index (χ3v) is 4.35. The molecule has 1 aromatic carbocycles. The molecule has 1 N–H and O–H groups in total. The summed E-state index contributed by atoms with van der Waals surface area (Å²) in [6, 6.07) is 7.37. The van der Waals surface area contributed by atoms with Crippen LogP contribution >= 0.6 is 15.9 Å². The summed E-state index contributed by atoms with van der Waals surface area (Å²) >= 11 is 3.52. The van der Waals surface area contributed by atoms with Gasteiger partial charge in [0.15, 0.2) is 0 Å². The van der Waals surface area contributed by atoms with Crippen LogP contribution in [0, 0.1) is 0 Å². The van der Waals surface area contributed by atoms with Crippen LogP contribution < -0.4 is 10.1 Å². The molecule has 0 aliphatic carbocycles. The Labute approximate surface area is 118 Å². The molecule has 1 heterocycles. The van der Waals surface area contributed by atoms with Gasteiger partial charge in [0.2, 0.25) is 0 Å². The van der Waals surface area contributed by atoms with E-state index < -0.39 is 0 Å². The third-order valence-electron chi connectivity index (χ3n) is 3.73. The second-order valence-electron chi connectivity index (χ2n) is 5.04. The lowest BCUT2D eigenvalue weighted by atomic mass is 9.99. The van der Waals surface area contributed by atoms with E-state index >= 15 is 0 Å². The molecule has 0 spiro atoms. The van der Waals surface area contributed by atoms with Gasteiger partial charge in [0, 0.05) is 24.3 Å². The maximum atomic E-state index is 5.24. The molecular weight excluding hydrogens is 292 g/mol. The highest BCUT2D eigenvalue weighted by Gasteiger charge is 2.22. The number of benzene rings is 1. The number of nitrogens with zero attached hydrogens (tertiary/aromatic N) is 1. The molecule has 2 atom stereocenters. The molecule has 18 heavy (non-hydrogen) atoms. The van der Waals surface area contributed by atoms with E-state index in [0.29, 0.717) is 12.1 Å². The van der Waals surface area contributed by atoms with Crippen molar-refractivity contribution in [2.24, 2.45) is 0 Å². The average molecular weight is 313 g/mol. The summed E-state index contributed by atoms with van der Waals surface area (Å²) in [4.78, 5) is 2.42. The van der Waals surface area contributed by atoms with Crippen molar-refractivity contribution in [1.82, 2.24) is 4.90 Å². The standard InChI is InChI=1S/C14H21BrN2O/c1-10-8-12(6-7-17(10)2)16-11-4-5-14(18-3)13(15)9-11/h4-5,9-10,12,16H,6-8H2,1-3H3. The number of rotatable bonds is 3. The van der Waals surface area contributed by atoms with E-state index in [9.17, 15) is 0 Å². The monoisotopic (exact) mass is 312 g/mol. The topological polar surface area (TPSA) is 24.5 Å². The molecule has 0 saturated carbocycles. The van der Waals surface area contributed by atoms with E-state index in [1.54, 1.807) is 7.11 Å². The first-order valence-electron chi connectivity index (χ1n) is 6.40. The Bertz CT molecular complexity index is 411. The first-order chi connectivity index (χ1) is 8.60. The number of piperidine rings is 1. The molecule has 0 bridgehead atoms. The molecule has 0 aromatic heterocycles. The summed E-state index contributed by atoms with van der Waals surface area (Å²) in [7, 11) is 3.89. The zero-order valence-corrected chi connectivity index (χ0v) is 12.8. The second-order valence-corrected chi connectivity index (χ2v) is 5.90. The normalized spacial score (nSPS) is 24.9. The fourth-order valence-electron chi connectivity index (χ4n) is 2.41. The van der Waals surface area contributed by atoms with Crippen LogP contribution in [0.2, 0.25) is 0 Å². The Morgan fingerprint density at radius 2 is 2.22 bits per heavy atom. The molecule has 4 heteroatoms. The summed E-state index contributed by atoms with van der Waals surface area (Å²) in [5, 5.41) is 3.61. The number of hydrogen-bond donors (Lipinski definition) is 1. The quantitative estimate of drug-likeness (QED) is 0.926. The van der Waals surface area contributed by atoms with Crippen molar-refractivity contribution in [3.63, 3.8) is 0 Å². The fraction of sp³-hybridized carbons (Fsp3) is 0.571. The molecule has 1 aliphatic heterocycles. The highest BCUT2D eigenvalue weighted by Crippen LogP contribution is 2.29. The summed E-state index contributed by atoms with van der Waals surface area (Å²) in [5.74, 6) is 0.872. The molecule has 2 unspecified atom stereocenters. The molecule has 0 radical (unpaired) electrons. The minimum atomic E-state index is 0.566. The lowest BCUT2D eigenvalue weighted by Gasteiger charge is -2.35. The smallest absolute Gasteiger partial charge is 0.133 e. The Kier molecular flexibility index (Phi) is 4.51. The van der Waals surface area contributed by atoms with Gasteiger partial charge < -0.3 is 15.0 Å². The third kappa shape index (κ3) is 3.18. The summed E-state index contributed by atoms with van der Waals surface area (Å²) in [6.45, 7) is 3.45. The fourth-order valence-corrected chi connectivity index (χ4v) is 2.95. The first kappa shape index (κ1) is 13.7. The van der Waals surface area contributed by atoms with Crippen molar-refractivity contribution in [2.75, 3.05) is 26.0 Å². The van der Waals surface area contributed by atoms with E-state index in [1.165, 1.54) is 12.8 Å². The zero-order valence-electron chi connectivity index (χ0n) is 11.2. The minimum absolute atomic E-state index is 0.566. The lowest BCUT2D eigenvalue weighted by molar-refractivity contribution is 0.190. The van der Waals surface area contributed by atoms with Crippen LogP contribution in [-0.4, -0.2) is 37.7 Å². The molecular formula is C14H21BrN2O. The van der Waals surface area contributed by atoms with E-state index in [0.717, 1.165) is 22.5 Å². The van der Waals surface area contributed by atoms with Crippen molar-refractivity contribution in [2.45, 2.75) is 31.8 Å².